The van der Waals surface area contributed by atoms with Crippen molar-refractivity contribution in [1.82, 2.24) is 0 Å². The van der Waals surface area contributed by atoms with Gasteiger partial charge in [-0.3, -0.25) is 4.79 Å². The molecule has 1 N–H and O–H groups in total. The van der Waals surface area contributed by atoms with E-state index in [0.29, 0.717) is 12.3 Å². The Balaban J connectivity index is 1.51. The Morgan fingerprint density at radius 1 is 0.913 bits per heavy atom. The molecule has 2 aromatic rings. The smallest absolute Gasteiger partial charge is 0.224 e. The summed E-state index contributed by atoms with van der Waals surface area (Å²) in [5.74, 6) is 2.25. The molecule has 3 rings (SSSR count). The van der Waals surface area contributed by atoms with E-state index in [2.05, 4.69) is 5.32 Å². The monoisotopic (exact) mass is 309 g/mol. The van der Waals surface area contributed by atoms with Crippen molar-refractivity contribution in [2.45, 2.75) is 38.5 Å². The first-order valence-corrected chi connectivity index (χ1v) is 8.42. The molecule has 0 spiro atoms. The number of para-hydroxylation sites is 1. The van der Waals surface area contributed by atoms with Gasteiger partial charge in [0, 0.05) is 12.1 Å². The molecule has 0 atom stereocenters. The van der Waals surface area contributed by atoms with Crippen molar-refractivity contribution in [2.24, 2.45) is 5.92 Å². The van der Waals surface area contributed by atoms with Gasteiger partial charge in [-0.15, -0.1) is 0 Å². The third-order valence-electron chi connectivity index (χ3n) is 4.32. The van der Waals surface area contributed by atoms with E-state index >= 15 is 0 Å². The first kappa shape index (κ1) is 15.6. The Morgan fingerprint density at radius 3 is 2.26 bits per heavy atom. The van der Waals surface area contributed by atoms with E-state index in [0.717, 1.165) is 17.2 Å². The average Bonchev–Trinajstić information content (AvgIpc) is 2.58. The van der Waals surface area contributed by atoms with Gasteiger partial charge >= 0.3 is 0 Å². The van der Waals surface area contributed by atoms with E-state index in [1.165, 1.54) is 32.1 Å². The highest BCUT2D eigenvalue weighted by Crippen LogP contribution is 2.27. The molecule has 1 fully saturated rings. The van der Waals surface area contributed by atoms with Crippen molar-refractivity contribution in [1.29, 1.82) is 0 Å². The van der Waals surface area contributed by atoms with Crippen LogP contribution in [0.3, 0.4) is 0 Å². The van der Waals surface area contributed by atoms with Gasteiger partial charge in [0.25, 0.3) is 0 Å². The lowest BCUT2D eigenvalue weighted by atomic mass is 9.87. The SMILES string of the molecule is O=C(CC1CCCCC1)Nc1ccc(Oc2ccccc2)cc1. The minimum Gasteiger partial charge on any atom is -0.457 e. The Hall–Kier alpha value is -2.29. The topological polar surface area (TPSA) is 38.3 Å². The highest BCUT2D eigenvalue weighted by molar-refractivity contribution is 5.90. The Bertz CT molecular complexity index is 616. The van der Waals surface area contributed by atoms with E-state index in [1.807, 2.05) is 54.6 Å². The largest absolute Gasteiger partial charge is 0.457 e. The van der Waals surface area contributed by atoms with Crippen LogP contribution >= 0.6 is 0 Å². The van der Waals surface area contributed by atoms with Crippen LogP contribution in [0.15, 0.2) is 54.6 Å². The van der Waals surface area contributed by atoms with E-state index in [9.17, 15) is 4.79 Å². The molecule has 0 saturated heterocycles. The molecule has 1 amide bonds. The van der Waals surface area contributed by atoms with Crippen LogP contribution in [-0.4, -0.2) is 5.91 Å². The van der Waals surface area contributed by atoms with E-state index < -0.39 is 0 Å². The van der Waals surface area contributed by atoms with Crippen LogP contribution in [0.5, 0.6) is 11.5 Å². The molecular weight excluding hydrogens is 286 g/mol. The predicted octanol–water partition coefficient (Wildman–Crippen LogP) is 5.39. The normalized spacial score (nSPS) is 15.1. The first-order chi connectivity index (χ1) is 11.3. The second-order valence-electron chi connectivity index (χ2n) is 6.20. The number of benzene rings is 2. The van der Waals surface area contributed by atoms with Gasteiger partial charge in [-0.05, 0) is 55.2 Å². The van der Waals surface area contributed by atoms with E-state index in [4.69, 9.17) is 4.74 Å². The molecular formula is C20H23NO2. The summed E-state index contributed by atoms with van der Waals surface area (Å²) >= 11 is 0. The Labute approximate surface area is 137 Å². The van der Waals surface area contributed by atoms with Gasteiger partial charge in [0.1, 0.15) is 11.5 Å². The molecule has 3 nitrogen and oxygen atoms in total. The lowest BCUT2D eigenvalue weighted by molar-refractivity contribution is -0.117. The summed E-state index contributed by atoms with van der Waals surface area (Å²) in [5, 5.41) is 2.99. The van der Waals surface area contributed by atoms with Gasteiger partial charge in [0.05, 0.1) is 0 Å². The summed E-state index contributed by atoms with van der Waals surface area (Å²) in [5.41, 5.74) is 0.825. The second-order valence-corrected chi connectivity index (χ2v) is 6.20. The molecule has 0 radical (unpaired) electrons. The molecule has 0 heterocycles. The van der Waals surface area contributed by atoms with Gasteiger partial charge in [0.15, 0.2) is 0 Å². The molecule has 3 heteroatoms. The minimum atomic E-state index is 0.119. The fourth-order valence-corrected chi connectivity index (χ4v) is 3.10. The van der Waals surface area contributed by atoms with Crippen molar-refractivity contribution in [3.05, 3.63) is 54.6 Å². The maximum absolute atomic E-state index is 12.1. The van der Waals surface area contributed by atoms with Crippen molar-refractivity contribution in [2.75, 3.05) is 5.32 Å². The number of hydrogen-bond acceptors (Lipinski definition) is 2. The third-order valence-corrected chi connectivity index (χ3v) is 4.32. The summed E-state index contributed by atoms with van der Waals surface area (Å²) in [4.78, 5) is 12.1. The zero-order valence-electron chi connectivity index (χ0n) is 13.3. The van der Waals surface area contributed by atoms with Crippen LogP contribution in [0, 0.1) is 5.92 Å². The maximum Gasteiger partial charge on any atom is 0.224 e. The fraction of sp³-hybridized carbons (Fsp3) is 0.350. The van der Waals surface area contributed by atoms with Crippen molar-refractivity contribution >= 4 is 11.6 Å². The molecule has 120 valence electrons. The average molecular weight is 309 g/mol. The molecule has 1 saturated carbocycles. The highest BCUT2D eigenvalue weighted by atomic mass is 16.5. The number of carbonyl (C=O) groups is 1. The molecule has 23 heavy (non-hydrogen) atoms. The second kappa shape index (κ2) is 7.82. The standard InChI is InChI=1S/C20H23NO2/c22-20(15-16-7-3-1-4-8-16)21-17-11-13-19(14-12-17)23-18-9-5-2-6-10-18/h2,5-6,9-14,16H,1,3-4,7-8,15H2,(H,21,22). The molecule has 0 aliphatic heterocycles. The Kier molecular flexibility index (Phi) is 5.30. The number of anilines is 1. The molecule has 1 aliphatic rings. The minimum absolute atomic E-state index is 0.119. The van der Waals surface area contributed by atoms with Crippen LogP contribution in [0.2, 0.25) is 0 Å². The number of rotatable bonds is 5. The Morgan fingerprint density at radius 2 is 1.57 bits per heavy atom. The van der Waals surface area contributed by atoms with Crippen molar-refractivity contribution < 1.29 is 9.53 Å². The number of amides is 1. The van der Waals surface area contributed by atoms with Crippen molar-refractivity contribution in [3.63, 3.8) is 0 Å². The van der Waals surface area contributed by atoms with Crippen LogP contribution in [0.4, 0.5) is 5.69 Å². The lowest BCUT2D eigenvalue weighted by Crippen LogP contribution is -2.18. The molecule has 2 aromatic carbocycles. The van der Waals surface area contributed by atoms with Crippen LogP contribution < -0.4 is 10.1 Å². The lowest BCUT2D eigenvalue weighted by Gasteiger charge is -2.20. The summed E-state index contributed by atoms with van der Waals surface area (Å²) in [7, 11) is 0. The van der Waals surface area contributed by atoms with Crippen LogP contribution in [-0.2, 0) is 4.79 Å². The maximum atomic E-state index is 12.1. The van der Waals surface area contributed by atoms with Gasteiger partial charge < -0.3 is 10.1 Å². The van der Waals surface area contributed by atoms with Crippen LogP contribution in [0.25, 0.3) is 0 Å². The summed E-state index contributed by atoms with van der Waals surface area (Å²) in [6.45, 7) is 0. The summed E-state index contributed by atoms with van der Waals surface area (Å²) in [6, 6.07) is 17.2. The fourth-order valence-electron chi connectivity index (χ4n) is 3.10. The van der Waals surface area contributed by atoms with Crippen molar-refractivity contribution in [3.8, 4) is 11.5 Å². The zero-order chi connectivity index (χ0) is 15.9. The van der Waals surface area contributed by atoms with Crippen LogP contribution in [0.1, 0.15) is 38.5 Å². The highest BCUT2D eigenvalue weighted by Gasteiger charge is 2.16. The summed E-state index contributed by atoms with van der Waals surface area (Å²) < 4.78 is 5.75. The quantitative estimate of drug-likeness (QED) is 0.804. The third kappa shape index (κ3) is 4.85. The number of nitrogens with one attached hydrogen (secondary N) is 1. The number of carbonyl (C=O) groups excluding carboxylic acids is 1. The molecule has 0 aromatic heterocycles. The molecule has 0 unspecified atom stereocenters. The van der Waals surface area contributed by atoms with Gasteiger partial charge in [-0.25, -0.2) is 0 Å². The van der Waals surface area contributed by atoms with E-state index in [1.54, 1.807) is 0 Å². The van der Waals surface area contributed by atoms with Gasteiger partial charge in [0.2, 0.25) is 5.91 Å². The van der Waals surface area contributed by atoms with E-state index in [-0.39, 0.29) is 5.91 Å². The number of ether oxygens (including phenoxy) is 1. The summed E-state index contributed by atoms with van der Waals surface area (Å²) in [6.07, 6.45) is 6.88. The van der Waals surface area contributed by atoms with Gasteiger partial charge in [-0.2, -0.15) is 0 Å². The number of hydrogen-bond donors (Lipinski definition) is 1. The predicted molar refractivity (Wildman–Crippen MR) is 92.8 cm³/mol. The molecule has 0 bridgehead atoms. The van der Waals surface area contributed by atoms with Gasteiger partial charge in [-0.1, -0.05) is 37.5 Å². The zero-order valence-corrected chi connectivity index (χ0v) is 13.3. The first-order valence-electron chi connectivity index (χ1n) is 8.42. The molecule has 1 aliphatic carbocycles.